The smallest absolute Gasteiger partial charge is 0.255 e. The fourth-order valence-electron chi connectivity index (χ4n) is 3.79. The summed E-state index contributed by atoms with van der Waals surface area (Å²) in [6.07, 6.45) is 8.32. The molecule has 3 aromatic rings. The Morgan fingerprint density at radius 2 is 1.97 bits per heavy atom. The first-order valence-corrected chi connectivity index (χ1v) is 10.3. The van der Waals surface area contributed by atoms with Gasteiger partial charge < -0.3 is 22.1 Å². The van der Waals surface area contributed by atoms with Gasteiger partial charge in [-0.15, -0.1) is 0 Å². The van der Waals surface area contributed by atoms with E-state index in [9.17, 15) is 14.0 Å². The van der Waals surface area contributed by atoms with E-state index in [1.807, 2.05) is 0 Å². The SMILES string of the molecule is NC(=O)c1cc(F)c(N[C@@H]2CCCC[C@@H]2N)nc1Nc1cncc(-n2ccccc2=O)c1. The van der Waals surface area contributed by atoms with Crippen LogP contribution in [0.4, 0.5) is 21.7 Å². The number of amides is 1. The molecule has 4 rings (SSSR count). The van der Waals surface area contributed by atoms with Crippen LogP contribution in [-0.2, 0) is 0 Å². The molecule has 0 unspecified atom stereocenters. The van der Waals surface area contributed by atoms with Gasteiger partial charge in [0.05, 0.1) is 29.3 Å². The Morgan fingerprint density at radius 3 is 2.72 bits per heavy atom. The molecule has 1 saturated carbocycles. The van der Waals surface area contributed by atoms with Crippen molar-refractivity contribution in [2.75, 3.05) is 10.6 Å². The van der Waals surface area contributed by atoms with Gasteiger partial charge in [-0.3, -0.25) is 19.1 Å². The Kier molecular flexibility index (Phi) is 6.13. The van der Waals surface area contributed by atoms with Crippen molar-refractivity contribution in [2.45, 2.75) is 37.8 Å². The van der Waals surface area contributed by atoms with Crippen LogP contribution in [-0.4, -0.2) is 32.5 Å². The average molecular weight is 437 g/mol. The summed E-state index contributed by atoms with van der Waals surface area (Å²) in [4.78, 5) is 32.5. The zero-order valence-electron chi connectivity index (χ0n) is 17.3. The number of nitrogens with one attached hydrogen (secondary N) is 2. The molecule has 0 radical (unpaired) electrons. The molecule has 0 aliphatic heterocycles. The second kappa shape index (κ2) is 9.15. The summed E-state index contributed by atoms with van der Waals surface area (Å²) in [5.74, 6) is -1.46. The topological polar surface area (TPSA) is 141 Å². The molecule has 1 aliphatic carbocycles. The Morgan fingerprint density at radius 1 is 1.16 bits per heavy atom. The van der Waals surface area contributed by atoms with Gasteiger partial charge >= 0.3 is 0 Å². The van der Waals surface area contributed by atoms with Crippen LogP contribution in [0.15, 0.2) is 53.7 Å². The summed E-state index contributed by atoms with van der Waals surface area (Å²) in [6.45, 7) is 0. The van der Waals surface area contributed by atoms with Crippen LogP contribution in [0.3, 0.4) is 0 Å². The first-order chi connectivity index (χ1) is 15.4. The van der Waals surface area contributed by atoms with Gasteiger partial charge in [-0.25, -0.2) is 9.37 Å². The normalized spacial score (nSPS) is 18.2. The number of hydrogen-bond donors (Lipinski definition) is 4. The van der Waals surface area contributed by atoms with Gasteiger partial charge in [0.2, 0.25) is 0 Å². The van der Waals surface area contributed by atoms with Gasteiger partial charge in [-0.1, -0.05) is 18.9 Å². The Bertz CT molecular complexity index is 1200. The van der Waals surface area contributed by atoms with Gasteiger partial charge in [0.15, 0.2) is 11.6 Å². The van der Waals surface area contributed by atoms with Crippen molar-refractivity contribution < 1.29 is 9.18 Å². The number of hydrogen-bond acceptors (Lipinski definition) is 7. The average Bonchev–Trinajstić information content (AvgIpc) is 2.77. The fourth-order valence-corrected chi connectivity index (χ4v) is 3.79. The summed E-state index contributed by atoms with van der Waals surface area (Å²) in [7, 11) is 0. The minimum atomic E-state index is -0.830. The molecule has 1 amide bonds. The van der Waals surface area contributed by atoms with Crippen molar-refractivity contribution in [3.63, 3.8) is 0 Å². The van der Waals surface area contributed by atoms with Crippen molar-refractivity contribution in [3.05, 3.63) is 70.7 Å². The maximum atomic E-state index is 14.7. The second-order valence-electron chi connectivity index (χ2n) is 7.74. The highest BCUT2D eigenvalue weighted by Crippen LogP contribution is 2.27. The van der Waals surface area contributed by atoms with Gasteiger partial charge in [0.1, 0.15) is 5.82 Å². The monoisotopic (exact) mass is 437 g/mol. The van der Waals surface area contributed by atoms with Crippen molar-refractivity contribution in [1.29, 1.82) is 0 Å². The molecule has 2 atom stereocenters. The third-order valence-electron chi connectivity index (χ3n) is 5.47. The summed E-state index contributed by atoms with van der Waals surface area (Å²) < 4.78 is 16.1. The van der Waals surface area contributed by atoms with Crippen molar-refractivity contribution >= 4 is 23.2 Å². The largest absolute Gasteiger partial charge is 0.365 e. The number of carbonyl (C=O) groups is 1. The molecule has 1 aliphatic rings. The maximum absolute atomic E-state index is 14.7. The van der Waals surface area contributed by atoms with Crippen LogP contribution >= 0.6 is 0 Å². The standard InChI is InChI=1S/C22H24FN7O2/c23-16-10-15(20(25)32)21(29-22(16)28-18-6-2-1-5-17(18)24)27-13-9-14(12-26-11-13)30-8-4-3-7-19(30)31/h3-4,7-12,17-18H,1-2,5-6,24H2,(H2,25,32)(H2,27,28,29)/t17-,18+/m0/s1. The molecule has 6 N–H and O–H groups in total. The van der Waals surface area contributed by atoms with E-state index >= 15 is 0 Å². The van der Waals surface area contributed by atoms with Crippen LogP contribution in [0.5, 0.6) is 0 Å². The van der Waals surface area contributed by atoms with E-state index < -0.39 is 11.7 Å². The summed E-state index contributed by atoms with van der Waals surface area (Å²) in [6, 6.07) is 7.28. The lowest BCUT2D eigenvalue weighted by Gasteiger charge is -2.30. The zero-order valence-corrected chi connectivity index (χ0v) is 17.3. The molecule has 0 spiro atoms. The predicted octanol–water partition coefficient (Wildman–Crippen LogP) is 2.29. The van der Waals surface area contributed by atoms with Crippen LogP contribution in [0, 0.1) is 5.82 Å². The zero-order chi connectivity index (χ0) is 22.7. The van der Waals surface area contributed by atoms with Crippen LogP contribution in [0.1, 0.15) is 36.0 Å². The molecule has 0 aromatic carbocycles. The number of anilines is 3. The highest BCUT2D eigenvalue weighted by atomic mass is 19.1. The summed E-state index contributed by atoms with van der Waals surface area (Å²) in [5.41, 5.74) is 12.2. The molecule has 3 heterocycles. The third-order valence-corrected chi connectivity index (χ3v) is 5.47. The number of nitrogens with two attached hydrogens (primary N) is 2. The first-order valence-electron chi connectivity index (χ1n) is 10.3. The number of pyridine rings is 3. The van der Waals surface area contributed by atoms with Crippen molar-refractivity contribution in [3.8, 4) is 5.69 Å². The molecule has 0 bridgehead atoms. The lowest BCUT2D eigenvalue weighted by molar-refractivity contribution is 0.100. The number of rotatable bonds is 6. The molecule has 1 fully saturated rings. The predicted molar refractivity (Wildman–Crippen MR) is 120 cm³/mol. The molecule has 166 valence electrons. The fraction of sp³-hybridized carbons (Fsp3) is 0.273. The number of nitrogens with zero attached hydrogens (tertiary/aromatic N) is 3. The van der Waals surface area contributed by atoms with Crippen molar-refractivity contribution in [1.82, 2.24) is 14.5 Å². The molecular weight excluding hydrogens is 413 g/mol. The quantitative estimate of drug-likeness (QED) is 0.464. The summed E-state index contributed by atoms with van der Waals surface area (Å²) in [5, 5.41) is 6.04. The van der Waals surface area contributed by atoms with Gasteiger partial charge in [0, 0.05) is 24.3 Å². The van der Waals surface area contributed by atoms with Crippen molar-refractivity contribution in [2.24, 2.45) is 11.5 Å². The van der Waals surface area contributed by atoms with E-state index in [0.29, 0.717) is 11.4 Å². The van der Waals surface area contributed by atoms with Gasteiger partial charge in [-0.05, 0) is 31.0 Å². The molecule has 9 nitrogen and oxygen atoms in total. The maximum Gasteiger partial charge on any atom is 0.255 e. The van der Waals surface area contributed by atoms with Crippen LogP contribution < -0.4 is 27.7 Å². The van der Waals surface area contributed by atoms with Gasteiger partial charge in [0.25, 0.3) is 11.5 Å². The van der Waals surface area contributed by atoms with E-state index in [4.69, 9.17) is 11.5 Å². The van der Waals surface area contributed by atoms with E-state index in [1.165, 1.54) is 23.0 Å². The number of carbonyl (C=O) groups excluding carboxylic acids is 1. The summed E-state index contributed by atoms with van der Waals surface area (Å²) >= 11 is 0. The van der Waals surface area contributed by atoms with Crippen LogP contribution in [0.25, 0.3) is 5.69 Å². The molecular formula is C22H24FN7O2. The highest BCUT2D eigenvalue weighted by molar-refractivity contribution is 5.98. The van der Waals surface area contributed by atoms with E-state index in [2.05, 4.69) is 20.6 Å². The van der Waals surface area contributed by atoms with E-state index in [1.54, 1.807) is 24.4 Å². The minimum Gasteiger partial charge on any atom is -0.365 e. The van der Waals surface area contributed by atoms with E-state index in [-0.39, 0.29) is 34.8 Å². The lowest BCUT2D eigenvalue weighted by Crippen LogP contribution is -2.43. The number of halogens is 1. The Balaban J connectivity index is 1.67. The highest BCUT2D eigenvalue weighted by Gasteiger charge is 2.24. The first kappa shape index (κ1) is 21.4. The molecule has 0 saturated heterocycles. The van der Waals surface area contributed by atoms with Gasteiger partial charge in [-0.2, -0.15) is 0 Å². The molecule has 10 heteroatoms. The third kappa shape index (κ3) is 4.59. The van der Waals surface area contributed by atoms with E-state index in [0.717, 1.165) is 31.7 Å². The Hall–Kier alpha value is -3.79. The molecule has 32 heavy (non-hydrogen) atoms. The number of aromatic nitrogens is 3. The Labute approximate surface area is 183 Å². The number of primary amides is 1. The lowest BCUT2D eigenvalue weighted by atomic mass is 9.91. The molecule has 3 aromatic heterocycles. The van der Waals surface area contributed by atoms with Crippen LogP contribution in [0.2, 0.25) is 0 Å². The second-order valence-corrected chi connectivity index (χ2v) is 7.74. The minimum absolute atomic E-state index is 0.0109.